The molecule has 9 heteroatoms. The molecule has 0 saturated carbocycles. The number of rotatable bonds is 8. The molecule has 0 saturated heterocycles. The zero-order valence-electron chi connectivity index (χ0n) is 18.0. The van der Waals surface area contributed by atoms with Crippen LogP contribution in [0.2, 0.25) is 0 Å². The zero-order valence-corrected chi connectivity index (χ0v) is 18.0. The van der Waals surface area contributed by atoms with E-state index in [1.165, 1.54) is 0 Å². The van der Waals surface area contributed by atoms with Crippen molar-refractivity contribution in [3.05, 3.63) is 78.0 Å². The van der Waals surface area contributed by atoms with E-state index in [9.17, 15) is 10.1 Å². The number of carbonyl (C=O) groups is 1. The number of nitrogens with zero attached hydrogens (tertiary/aromatic N) is 3. The fraction of sp³-hybridized carbons (Fsp3) is 0.167. The summed E-state index contributed by atoms with van der Waals surface area (Å²) >= 11 is 0. The first kappa shape index (κ1) is 21.8. The van der Waals surface area contributed by atoms with E-state index in [0.717, 1.165) is 10.9 Å². The third-order valence-corrected chi connectivity index (χ3v) is 5.11. The molecule has 2 amide bonds. The Labute approximate surface area is 190 Å². The first-order valence-corrected chi connectivity index (χ1v) is 10.4. The van der Waals surface area contributed by atoms with Gasteiger partial charge in [-0.25, -0.2) is 9.78 Å². The van der Waals surface area contributed by atoms with Crippen molar-refractivity contribution in [3.8, 4) is 6.07 Å². The number of nitriles is 1. The van der Waals surface area contributed by atoms with Crippen molar-refractivity contribution < 1.29 is 9.53 Å². The molecule has 0 unspecified atom stereocenters. The number of H-pyrrole nitrogens is 1. The van der Waals surface area contributed by atoms with Gasteiger partial charge in [0.15, 0.2) is 5.82 Å². The molecule has 4 N–H and O–H groups in total. The SMILES string of the molecule is COCC[C@@H](NC(=O)Nc1cc2[nH]nc(Nc3ccccc3C#N)c2cn1)c1ccccc1. The molecule has 0 bridgehead atoms. The number of benzene rings is 2. The Balaban J connectivity index is 1.47. The van der Waals surface area contributed by atoms with Crippen molar-refractivity contribution in [2.24, 2.45) is 0 Å². The lowest BCUT2D eigenvalue weighted by Gasteiger charge is -2.19. The molecule has 0 radical (unpaired) electrons. The van der Waals surface area contributed by atoms with Crippen LogP contribution in [0.15, 0.2) is 66.9 Å². The van der Waals surface area contributed by atoms with E-state index < -0.39 is 0 Å². The van der Waals surface area contributed by atoms with Gasteiger partial charge in [0.05, 0.1) is 28.2 Å². The normalized spacial score (nSPS) is 11.5. The van der Waals surface area contributed by atoms with Gasteiger partial charge < -0.3 is 15.4 Å². The Bertz CT molecular complexity index is 1280. The van der Waals surface area contributed by atoms with E-state index in [1.807, 2.05) is 36.4 Å². The van der Waals surface area contributed by atoms with Gasteiger partial charge in [-0.15, -0.1) is 0 Å². The highest BCUT2D eigenvalue weighted by Crippen LogP contribution is 2.26. The second kappa shape index (κ2) is 10.3. The number of aromatic amines is 1. The highest BCUT2D eigenvalue weighted by molar-refractivity contribution is 5.95. The number of carbonyl (C=O) groups excluding carboxylic acids is 1. The molecule has 33 heavy (non-hydrogen) atoms. The second-order valence-corrected chi connectivity index (χ2v) is 7.31. The molecular formula is C24H23N7O2. The quantitative estimate of drug-likeness (QED) is 0.319. The Morgan fingerprint density at radius 2 is 1.97 bits per heavy atom. The predicted octanol–water partition coefficient (Wildman–Crippen LogP) is 4.47. The minimum atomic E-state index is -0.368. The van der Waals surface area contributed by atoms with Crippen LogP contribution in [0, 0.1) is 11.3 Å². The standard InChI is InChI=1S/C24H23N7O2/c1-33-12-11-20(16-7-3-2-4-8-16)28-24(32)29-22-13-21-18(15-26-22)23(31-30-21)27-19-10-6-5-9-17(19)14-25/h2-10,13,15,20H,11-12H2,1H3,(H2,27,30,31)(H2,26,28,29,32)/t20-/m1/s1. The van der Waals surface area contributed by atoms with Crippen LogP contribution in [0.25, 0.3) is 10.9 Å². The number of ether oxygens (including phenoxy) is 1. The first-order chi connectivity index (χ1) is 16.2. The summed E-state index contributed by atoms with van der Waals surface area (Å²) in [4.78, 5) is 17.0. The third-order valence-electron chi connectivity index (χ3n) is 5.11. The lowest BCUT2D eigenvalue weighted by Crippen LogP contribution is -2.33. The summed E-state index contributed by atoms with van der Waals surface area (Å²) in [6.07, 6.45) is 2.26. The number of methoxy groups -OCH3 is 1. The number of urea groups is 1. The molecule has 2 aromatic carbocycles. The average Bonchev–Trinajstić information content (AvgIpc) is 3.24. The number of para-hydroxylation sites is 1. The molecule has 0 fully saturated rings. The Kier molecular flexibility index (Phi) is 6.78. The number of aromatic nitrogens is 3. The lowest BCUT2D eigenvalue weighted by molar-refractivity contribution is 0.183. The van der Waals surface area contributed by atoms with Crippen LogP contribution < -0.4 is 16.0 Å². The number of hydrogen-bond acceptors (Lipinski definition) is 6. The Morgan fingerprint density at radius 1 is 1.18 bits per heavy atom. The van der Waals surface area contributed by atoms with E-state index in [4.69, 9.17) is 4.74 Å². The molecule has 166 valence electrons. The molecule has 2 heterocycles. The van der Waals surface area contributed by atoms with Gasteiger partial charge in [-0.2, -0.15) is 10.4 Å². The van der Waals surface area contributed by atoms with E-state index in [2.05, 4.69) is 37.2 Å². The van der Waals surface area contributed by atoms with Crippen LogP contribution >= 0.6 is 0 Å². The van der Waals surface area contributed by atoms with Crippen molar-refractivity contribution >= 4 is 34.3 Å². The maximum Gasteiger partial charge on any atom is 0.320 e. The zero-order chi connectivity index (χ0) is 23.0. The molecule has 0 aliphatic rings. The number of anilines is 3. The summed E-state index contributed by atoms with van der Waals surface area (Å²) in [6.45, 7) is 0.517. The van der Waals surface area contributed by atoms with Crippen molar-refractivity contribution in [3.63, 3.8) is 0 Å². The van der Waals surface area contributed by atoms with Crippen LogP contribution in [0.1, 0.15) is 23.6 Å². The van der Waals surface area contributed by atoms with Gasteiger partial charge in [-0.3, -0.25) is 10.4 Å². The van der Waals surface area contributed by atoms with Gasteiger partial charge in [0.2, 0.25) is 0 Å². The van der Waals surface area contributed by atoms with E-state index in [-0.39, 0.29) is 12.1 Å². The smallest absolute Gasteiger partial charge is 0.320 e. The molecule has 1 atom stereocenters. The highest BCUT2D eigenvalue weighted by atomic mass is 16.5. The summed E-state index contributed by atoms with van der Waals surface area (Å²) in [5.41, 5.74) is 2.85. The molecule has 0 spiro atoms. The molecule has 0 aliphatic heterocycles. The summed E-state index contributed by atoms with van der Waals surface area (Å²) in [6, 6.07) is 20.2. The number of amides is 2. The second-order valence-electron chi connectivity index (χ2n) is 7.31. The van der Waals surface area contributed by atoms with Gasteiger partial charge in [0, 0.05) is 26.0 Å². The Morgan fingerprint density at radius 3 is 2.76 bits per heavy atom. The van der Waals surface area contributed by atoms with Crippen LogP contribution in [0.4, 0.5) is 22.1 Å². The number of nitrogens with one attached hydrogen (secondary N) is 4. The van der Waals surface area contributed by atoms with E-state index >= 15 is 0 Å². The lowest BCUT2D eigenvalue weighted by atomic mass is 10.0. The van der Waals surface area contributed by atoms with Crippen LogP contribution in [0.5, 0.6) is 0 Å². The van der Waals surface area contributed by atoms with Crippen LogP contribution in [0.3, 0.4) is 0 Å². The van der Waals surface area contributed by atoms with Gasteiger partial charge in [-0.1, -0.05) is 42.5 Å². The summed E-state index contributed by atoms with van der Waals surface area (Å²) in [7, 11) is 1.63. The molecule has 2 aromatic heterocycles. The number of hydrogen-bond donors (Lipinski definition) is 4. The highest BCUT2D eigenvalue weighted by Gasteiger charge is 2.16. The summed E-state index contributed by atoms with van der Waals surface area (Å²) in [5, 5.41) is 26.1. The Hall–Kier alpha value is -4.42. The minimum absolute atomic E-state index is 0.196. The van der Waals surface area contributed by atoms with Crippen LogP contribution in [-0.2, 0) is 4.74 Å². The fourth-order valence-corrected chi connectivity index (χ4v) is 3.45. The summed E-state index contributed by atoms with van der Waals surface area (Å²) in [5.74, 6) is 0.922. The van der Waals surface area contributed by atoms with Crippen molar-refractivity contribution in [2.45, 2.75) is 12.5 Å². The maximum absolute atomic E-state index is 12.6. The average molecular weight is 441 g/mol. The molecular weight excluding hydrogens is 418 g/mol. The van der Waals surface area contributed by atoms with E-state index in [0.29, 0.717) is 41.4 Å². The molecule has 4 aromatic rings. The van der Waals surface area contributed by atoms with Crippen LogP contribution in [-0.4, -0.2) is 34.9 Å². The van der Waals surface area contributed by atoms with Gasteiger partial charge in [0.25, 0.3) is 0 Å². The first-order valence-electron chi connectivity index (χ1n) is 10.4. The van der Waals surface area contributed by atoms with Gasteiger partial charge in [-0.05, 0) is 24.1 Å². The minimum Gasteiger partial charge on any atom is -0.385 e. The van der Waals surface area contributed by atoms with Gasteiger partial charge >= 0.3 is 6.03 Å². The van der Waals surface area contributed by atoms with Crippen molar-refractivity contribution in [2.75, 3.05) is 24.4 Å². The largest absolute Gasteiger partial charge is 0.385 e. The number of fused-ring (bicyclic) bond motifs is 1. The molecule has 9 nitrogen and oxygen atoms in total. The third kappa shape index (κ3) is 5.26. The molecule has 0 aliphatic carbocycles. The van der Waals surface area contributed by atoms with Crippen molar-refractivity contribution in [1.29, 1.82) is 5.26 Å². The predicted molar refractivity (Wildman–Crippen MR) is 126 cm³/mol. The maximum atomic E-state index is 12.6. The fourth-order valence-electron chi connectivity index (χ4n) is 3.45. The monoisotopic (exact) mass is 441 g/mol. The van der Waals surface area contributed by atoms with E-state index in [1.54, 1.807) is 37.6 Å². The topological polar surface area (TPSA) is 128 Å². The summed E-state index contributed by atoms with van der Waals surface area (Å²) < 4.78 is 5.18. The number of pyridine rings is 1. The van der Waals surface area contributed by atoms with Gasteiger partial charge in [0.1, 0.15) is 11.9 Å². The molecule has 4 rings (SSSR count). The van der Waals surface area contributed by atoms with Crippen molar-refractivity contribution in [1.82, 2.24) is 20.5 Å².